The summed E-state index contributed by atoms with van der Waals surface area (Å²) < 4.78 is 7.37. The molecule has 1 aromatic carbocycles. The van der Waals surface area contributed by atoms with Gasteiger partial charge in [-0.15, -0.1) is 0 Å². The zero-order valence-corrected chi connectivity index (χ0v) is 17.4. The highest BCUT2D eigenvalue weighted by atomic mass is 16.5. The molecule has 9 nitrogen and oxygen atoms in total. The van der Waals surface area contributed by atoms with Gasteiger partial charge in [-0.1, -0.05) is 18.2 Å². The van der Waals surface area contributed by atoms with Crippen molar-refractivity contribution < 1.29 is 9.53 Å². The van der Waals surface area contributed by atoms with Crippen molar-refractivity contribution in [2.75, 3.05) is 12.3 Å². The number of aromatic nitrogens is 3. The van der Waals surface area contributed by atoms with E-state index in [2.05, 4.69) is 16.3 Å². The minimum absolute atomic E-state index is 0.0149. The number of likely N-dealkylation sites (tertiary alicyclic amines) is 1. The highest BCUT2D eigenvalue weighted by Crippen LogP contribution is 2.50. The standard InChI is InChI=1S/C23H23N7O2/c24-14-29-13-16(8-9-23(29)10-11-23)30-21(25)19(22(26)31)20(28-30)15-6-7-18(27-12-15)32-17-4-2-1-3-5-17/h1-7,12,16H,8-11,13,25H2,(H2,26,31). The van der Waals surface area contributed by atoms with Crippen LogP contribution in [0.15, 0.2) is 48.7 Å². The van der Waals surface area contributed by atoms with Crippen molar-refractivity contribution in [2.45, 2.75) is 37.3 Å². The molecule has 3 heterocycles. The van der Waals surface area contributed by atoms with Crippen LogP contribution in [-0.2, 0) is 0 Å². The molecule has 1 amide bonds. The van der Waals surface area contributed by atoms with E-state index in [1.807, 2.05) is 35.2 Å². The number of carbonyl (C=O) groups excluding carboxylic acids is 1. The van der Waals surface area contributed by atoms with Crippen LogP contribution in [0.4, 0.5) is 5.82 Å². The first-order valence-electron chi connectivity index (χ1n) is 10.6. The molecule has 1 unspecified atom stereocenters. The Balaban J connectivity index is 1.44. The number of carbonyl (C=O) groups is 1. The molecular weight excluding hydrogens is 406 g/mol. The number of nitriles is 1. The Kier molecular flexibility index (Phi) is 4.70. The Morgan fingerprint density at radius 1 is 1.19 bits per heavy atom. The molecule has 0 bridgehead atoms. The number of primary amides is 1. The number of ether oxygens (including phenoxy) is 1. The third-order valence-corrected chi connectivity index (χ3v) is 6.37. The van der Waals surface area contributed by atoms with Gasteiger partial charge in [0.1, 0.15) is 22.8 Å². The van der Waals surface area contributed by atoms with Crippen LogP contribution in [0.5, 0.6) is 11.6 Å². The van der Waals surface area contributed by atoms with E-state index in [0.717, 1.165) is 25.7 Å². The van der Waals surface area contributed by atoms with Crippen LogP contribution >= 0.6 is 0 Å². The molecule has 1 saturated carbocycles. The molecule has 9 heteroatoms. The highest BCUT2D eigenvalue weighted by molar-refractivity contribution is 6.03. The van der Waals surface area contributed by atoms with Crippen LogP contribution in [0, 0.1) is 11.5 Å². The Labute approximate surface area is 185 Å². The fraction of sp³-hybridized carbons (Fsp3) is 0.304. The van der Waals surface area contributed by atoms with E-state index in [1.54, 1.807) is 23.0 Å². The van der Waals surface area contributed by atoms with Crippen LogP contribution in [0.2, 0.25) is 0 Å². The van der Waals surface area contributed by atoms with E-state index >= 15 is 0 Å². The topological polar surface area (TPSA) is 136 Å². The van der Waals surface area contributed by atoms with Crippen LogP contribution in [0.1, 0.15) is 42.1 Å². The summed E-state index contributed by atoms with van der Waals surface area (Å²) in [5.41, 5.74) is 13.1. The van der Waals surface area contributed by atoms with Crippen LogP contribution < -0.4 is 16.2 Å². The molecule has 5 rings (SSSR count). The van der Waals surface area contributed by atoms with E-state index in [0.29, 0.717) is 29.4 Å². The molecule has 0 radical (unpaired) electrons. The highest BCUT2D eigenvalue weighted by Gasteiger charge is 2.51. The number of nitrogens with two attached hydrogens (primary N) is 2. The number of hydrogen-bond donors (Lipinski definition) is 2. The number of piperidine rings is 1. The van der Waals surface area contributed by atoms with Crippen molar-refractivity contribution in [3.8, 4) is 29.1 Å². The minimum atomic E-state index is -0.653. The molecule has 4 N–H and O–H groups in total. The molecule has 1 aliphatic carbocycles. The Morgan fingerprint density at radius 3 is 2.59 bits per heavy atom. The van der Waals surface area contributed by atoms with Gasteiger partial charge in [0.2, 0.25) is 5.88 Å². The molecular formula is C23H23N7O2. The van der Waals surface area contributed by atoms with E-state index in [-0.39, 0.29) is 23.0 Å². The predicted octanol–water partition coefficient (Wildman–Crippen LogP) is 3.07. The molecule has 1 aliphatic heterocycles. The Morgan fingerprint density at radius 2 is 1.97 bits per heavy atom. The third-order valence-electron chi connectivity index (χ3n) is 6.37. The van der Waals surface area contributed by atoms with Crippen molar-refractivity contribution in [3.63, 3.8) is 0 Å². The maximum absolute atomic E-state index is 12.2. The number of nitrogens with zero attached hydrogens (tertiary/aromatic N) is 5. The molecule has 32 heavy (non-hydrogen) atoms. The molecule has 2 fully saturated rings. The lowest BCUT2D eigenvalue weighted by atomic mass is 9.97. The summed E-state index contributed by atoms with van der Waals surface area (Å²) >= 11 is 0. The summed E-state index contributed by atoms with van der Waals surface area (Å²) in [4.78, 5) is 18.4. The average molecular weight is 429 g/mol. The van der Waals surface area contributed by atoms with Gasteiger partial charge < -0.3 is 21.1 Å². The van der Waals surface area contributed by atoms with Gasteiger partial charge >= 0.3 is 0 Å². The smallest absolute Gasteiger partial charge is 0.254 e. The molecule has 3 aromatic rings. The fourth-order valence-electron chi connectivity index (χ4n) is 4.44. The monoisotopic (exact) mass is 429 g/mol. The largest absolute Gasteiger partial charge is 0.439 e. The molecule has 162 valence electrons. The fourth-order valence-corrected chi connectivity index (χ4v) is 4.44. The van der Waals surface area contributed by atoms with Crippen LogP contribution in [0.3, 0.4) is 0 Å². The first-order chi connectivity index (χ1) is 15.5. The quantitative estimate of drug-likeness (QED) is 0.595. The molecule has 2 aromatic heterocycles. The van der Waals surface area contributed by atoms with Crippen molar-refractivity contribution in [3.05, 3.63) is 54.2 Å². The number of hydrogen-bond acceptors (Lipinski definition) is 7. The summed E-state index contributed by atoms with van der Waals surface area (Å²) in [6.07, 6.45) is 7.72. The van der Waals surface area contributed by atoms with Gasteiger partial charge in [-0.2, -0.15) is 10.4 Å². The number of rotatable bonds is 5. The first-order valence-corrected chi connectivity index (χ1v) is 10.6. The van der Waals surface area contributed by atoms with Gasteiger partial charge in [0, 0.05) is 17.8 Å². The second kappa shape index (κ2) is 7.57. The number of amides is 1. The Bertz CT molecular complexity index is 1190. The average Bonchev–Trinajstić information content (AvgIpc) is 3.49. The number of nitrogen functional groups attached to an aromatic ring is 1. The second-order valence-electron chi connectivity index (χ2n) is 8.35. The maximum Gasteiger partial charge on any atom is 0.254 e. The van der Waals surface area contributed by atoms with Gasteiger partial charge in [0.25, 0.3) is 5.91 Å². The van der Waals surface area contributed by atoms with Gasteiger partial charge in [-0.05, 0) is 43.9 Å². The normalized spacial score (nSPS) is 18.8. The summed E-state index contributed by atoms with van der Waals surface area (Å²) in [6.45, 7) is 0.516. The van der Waals surface area contributed by atoms with Gasteiger partial charge in [-0.25, -0.2) is 9.67 Å². The SMILES string of the molecule is N#CN1CC(n2nc(-c3ccc(Oc4ccccc4)nc3)c(C(N)=O)c2N)CCC12CC2. The van der Waals surface area contributed by atoms with Crippen LogP contribution in [0.25, 0.3) is 11.3 Å². The van der Waals surface area contributed by atoms with Crippen molar-refractivity contribution >= 4 is 11.7 Å². The first kappa shape index (κ1) is 19.9. The van der Waals surface area contributed by atoms with Crippen molar-refractivity contribution in [1.29, 1.82) is 5.26 Å². The van der Waals surface area contributed by atoms with Gasteiger partial charge in [-0.3, -0.25) is 4.79 Å². The number of benzene rings is 1. The van der Waals surface area contributed by atoms with Crippen LogP contribution in [-0.4, -0.2) is 37.7 Å². The lowest BCUT2D eigenvalue weighted by Crippen LogP contribution is -2.43. The molecule has 1 saturated heterocycles. The second-order valence-corrected chi connectivity index (χ2v) is 8.35. The zero-order valence-electron chi connectivity index (χ0n) is 17.4. The molecule has 2 aliphatic rings. The van der Waals surface area contributed by atoms with E-state index < -0.39 is 5.91 Å². The number of para-hydroxylation sites is 1. The van der Waals surface area contributed by atoms with Gasteiger partial charge in [0.15, 0.2) is 6.19 Å². The third kappa shape index (κ3) is 3.39. The summed E-state index contributed by atoms with van der Waals surface area (Å²) in [5, 5.41) is 14.2. The van der Waals surface area contributed by atoms with E-state index in [4.69, 9.17) is 16.2 Å². The van der Waals surface area contributed by atoms with E-state index in [9.17, 15) is 10.1 Å². The molecule has 1 atom stereocenters. The predicted molar refractivity (Wildman–Crippen MR) is 117 cm³/mol. The lowest BCUT2D eigenvalue weighted by molar-refractivity contribution is 0.100. The van der Waals surface area contributed by atoms with Gasteiger partial charge in [0.05, 0.1) is 18.1 Å². The zero-order chi connectivity index (χ0) is 22.3. The Hall–Kier alpha value is -4.06. The molecule has 1 spiro atoms. The van der Waals surface area contributed by atoms with Crippen molar-refractivity contribution in [2.24, 2.45) is 5.73 Å². The maximum atomic E-state index is 12.2. The number of pyridine rings is 1. The summed E-state index contributed by atoms with van der Waals surface area (Å²) in [5.74, 6) is 0.651. The number of anilines is 1. The lowest BCUT2D eigenvalue weighted by Gasteiger charge is -2.36. The van der Waals surface area contributed by atoms with Crippen molar-refractivity contribution in [1.82, 2.24) is 19.7 Å². The summed E-state index contributed by atoms with van der Waals surface area (Å²) in [6, 6.07) is 12.7. The summed E-state index contributed by atoms with van der Waals surface area (Å²) in [7, 11) is 0. The van der Waals surface area contributed by atoms with E-state index in [1.165, 1.54) is 0 Å². The minimum Gasteiger partial charge on any atom is -0.439 e.